The maximum atomic E-state index is 12.6. The van der Waals surface area contributed by atoms with E-state index in [0.29, 0.717) is 0 Å². The van der Waals surface area contributed by atoms with Gasteiger partial charge in [-0.2, -0.15) is 0 Å². The lowest BCUT2D eigenvalue weighted by molar-refractivity contribution is -0.121. The van der Waals surface area contributed by atoms with Gasteiger partial charge in [-0.05, 0) is 47.9 Å². The molecule has 0 aliphatic rings. The van der Waals surface area contributed by atoms with Crippen LogP contribution in [0.4, 0.5) is 0 Å². The molecule has 0 bridgehead atoms. The summed E-state index contributed by atoms with van der Waals surface area (Å²) in [5.74, 6) is 0.761. The number of halogens is 1. The monoisotopic (exact) mass is 452 g/mol. The van der Waals surface area contributed by atoms with Crippen molar-refractivity contribution in [2.75, 3.05) is 13.7 Å². The number of hydrogen-bond donors (Lipinski definition) is 2. The fourth-order valence-electron chi connectivity index (χ4n) is 3.19. The molecule has 3 aromatic carbocycles. The number of carbonyl (C=O) groups excluding carboxylic acids is 1. The first-order valence-corrected chi connectivity index (χ1v) is 10.3. The summed E-state index contributed by atoms with van der Waals surface area (Å²) in [6, 6.07) is 25.8. The Balaban J connectivity index is 1.67. The van der Waals surface area contributed by atoms with Crippen molar-refractivity contribution in [2.24, 2.45) is 0 Å². The number of nitrogens with one attached hydrogen (secondary N) is 2. The van der Waals surface area contributed by atoms with Crippen LogP contribution < -0.4 is 15.4 Å². The minimum atomic E-state index is -0.0872. The molecule has 150 valence electrons. The van der Waals surface area contributed by atoms with E-state index in [9.17, 15) is 4.79 Å². The van der Waals surface area contributed by atoms with E-state index in [-0.39, 0.29) is 24.5 Å². The lowest BCUT2D eigenvalue weighted by Gasteiger charge is -2.21. The van der Waals surface area contributed by atoms with Crippen LogP contribution in [0.15, 0.2) is 83.3 Å². The largest absolute Gasteiger partial charge is 0.497 e. The lowest BCUT2D eigenvalue weighted by Crippen LogP contribution is -2.37. The highest BCUT2D eigenvalue weighted by atomic mass is 79.9. The fraction of sp³-hybridized carbons (Fsp3) is 0.208. The van der Waals surface area contributed by atoms with Crippen molar-refractivity contribution in [3.63, 3.8) is 0 Å². The molecule has 4 nitrogen and oxygen atoms in total. The Morgan fingerprint density at radius 2 is 1.48 bits per heavy atom. The summed E-state index contributed by atoms with van der Waals surface area (Å²) in [5.41, 5.74) is 3.24. The molecular weight excluding hydrogens is 428 g/mol. The van der Waals surface area contributed by atoms with Crippen LogP contribution in [0.5, 0.6) is 5.75 Å². The van der Waals surface area contributed by atoms with Gasteiger partial charge in [0.25, 0.3) is 0 Å². The molecule has 5 heteroatoms. The van der Waals surface area contributed by atoms with Crippen LogP contribution in [0.25, 0.3) is 0 Å². The summed E-state index contributed by atoms with van der Waals surface area (Å²) in [6.45, 7) is 2.20. The van der Waals surface area contributed by atoms with Crippen molar-refractivity contribution >= 4 is 21.8 Å². The first kappa shape index (κ1) is 21.1. The van der Waals surface area contributed by atoms with Crippen molar-refractivity contribution in [3.05, 3.63) is 100 Å². The van der Waals surface area contributed by atoms with Gasteiger partial charge < -0.3 is 10.1 Å². The third-order valence-electron chi connectivity index (χ3n) is 4.80. The molecule has 1 amide bonds. The van der Waals surface area contributed by atoms with Crippen molar-refractivity contribution in [2.45, 2.75) is 19.0 Å². The highest BCUT2D eigenvalue weighted by molar-refractivity contribution is 9.10. The summed E-state index contributed by atoms with van der Waals surface area (Å²) < 4.78 is 6.28. The standard InChI is InChI=1S/C24H25BrN2O2/c1-17(18-8-12-21(25)13-9-18)27-23(28)16-26-24(19-6-4-3-5-7-19)20-10-14-22(29-2)15-11-20/h3-15,17,24,26H,16H2,1-2H3,(H,27,28)/t17-,24-/m0/s1. The molecular formula is C24H25BrN2O2. The van der Waals surface area contributed by atoms with Crippen molar-refractivity contribution in [1.29, 1.82) is 0 Å². The third kappa shape index (κ3) is 5.92. The third-order valence-corrected chi connectivity index (χ3v) is 5.32. The molecule has 0 aliphatic carbocycles. The minimum Gasteiger partial charge on any atom is -0.497 e. The van der Waals surface area contributed by atoms with Gasteiger partial charge in [-0.25, -0.2) is 0 Å². The Bertz CT molecular complexity index is 912. The van der Waals surface area contributed by atoms with Gasteiger partial charge in [0.1, 0.15) is 5.75 Å². The first-order valence-electron chi connectivity index (χ1n) is 9.54. The second-order valence-corrected chi connectivity index (χ2v) is 7.75. The van der Waals surface area contributed by atoms with E-state index in [4.69, 9.17) is 4.74 Å². The quantitative estimate of drug-likeness (QED) is 0.504. The highest BCUT2D eigenvalue weighted by Gasteiger charge is 2.16. The van der Waals surface area contributed by atoms with Crippen LogP contribution in [-0.2, 0) is 4.79 Å². The Morgan fingerprint density at radius 3 is 2.10 bits per heavy atom. The van der Waals surface area contributed by atoms with Gasteiger partial charge in [-0.15, -0.1) is 0 Å². The van der Waals surface area contributed by atoms with Crippen LogP contribution in [0.2, 0.25) is 0 Å². The molecule has 2 N–H and O–H groups in total. The number of methoxy groups -OCH3 is 1. The van der Waals surface area contributed by atoms with E-state index in [1.165, 1.54) is 0 Å². The molecule has 0 unspecified atom stereocenters. The average molecular weight is 453 g/mol. The summed E-state index contributed by atoms with van der Waals surface area (Å²) in [4.78, 5) is 12.6. The molecule has 0 fully saturated rings. The summed E-state index contributed by atoms with van der Waals surface area (Å²) in [7, 11) is 1.65. The van der Waals surface area contributed by atoms with E-state index >= 15 is 0 Å². The van der Waals surface area contributed by atoms with E-state index in [0.717, 1.165) is 26.9 Å². The van der Waals surface area contributed by atoms with Gasteiger partial charge in [-0.1, -0.05) is 70.5 Å². The SMILES string of the molecule is COc1ccc([C@@H](NCC(=O)N[C@@H](C)c2ccc(Br)cc2)c2ccccc2)cc1. The van der Waals surface area contributed by atoms with Gasteiger partial charge in [0.2, 0.25) is 5.91 Å². The van der Waals surface area contributed by atoms with E-state index < -0.39 is 0 Å². The van der Waals surface area contributed by atoms with E-state index in [1.807, 2.05) is 73.7 Å². The Labute approximate surface area is 180 Å². The molecule has 0 radical (unpaired) electrons. The van der Waals surface area contributed by atoms with E-state index in [2.05, 4.69) is 38.7 Å². The minimum absolute atomic E-state index is 0.0464. The zero-order valence-corrected chi connectivity index (χ0v) is 18.1. The van der Waals surface area contributed by atoms with Crippen LogP contribution in [0.1, 0.15) is 35.7 Å². The summed E-state index contributed by atoms with van der Waals surface area (Å²) >= 11 is 3.43. The number of benzene rings is 3. The van der Waals surface area contributed by atoms with Crippen molar-refractivity contribution in [1.82, 2.24) is 10.6 Å². The van der Waals surface area contributed by atoms with Gasteiger partial charge in [0.15, 0.2) is 0 Å². The first-order chi connectivity index (χ1) is 14.1. The molecule has 2 atom stereocenters. The maximum Gasteiger partial charge on any atom is 0.234 e. The predicted octanol–water partition coefficient (Wildman–Crippen LogP) is 5.01. The molecule has 0 saturated heterocycles. The van der Waals surface area contributed by atoms with Gasteiger partial charge in [0.05, 0.1) is 25.7 Å². The van der Waals surface area contributed by atoms with Gasteiger partial charge >= 0.3 is 0 Å². The van der Waals surface area contributed by atoms with Gasteiger partial charge in [-0.3, -0.25) is 10.1 Å². The van der Waals surface area contributed by atoms with Crippen molar-refractivity contribution < 1.29 is 9.53 Å². The highest BCUT2D eigenvalue weighted by Crippen LogP contribution is 2.24. The molecule has 3 rings (SSSR count). The normalized spacial score (nSPS) is 12.8. The molecule has 0 aromatic heterocycles. The smallest absolute Gasteiger partial charge is 0.234 e. The van der Waals surface area contributed by atoms with Crippen LogP contribution in [-0.4, -0.2) is 19.6 Å². The Kier molecular flexibility index (Phi) is 7.44. The Hall–Kier alpha value is -2.63. The molecule has 3 aromatic rings. The number of amides is 1. The maximum absolute atomic E-state index is 12.6. The molecule has 29 heavy (non-hydrogen) atoms. The van der Waals surface area contributed by atoms with Crippen LogP contribution in [0.3, 0.4) is 0 Å². The average Bonchev–Trinajstić information content (AvgIpc) is 2.75. The Morgan fingerprint density at radius 1 is 0.897 bits per heavy atom. The van der Waals surface area contributed by atoms with Crippen LogP contribution in [0, 0.1) is 0 Å². The van der Waals surface area contributed by atoms with Crippen molar-refractivity contribution in [3.8, 4) is 5.75 Å². The number of ether oxygens (including phenoxy) is 1. The predicted molar refractivity (Wildman–Crippen MR) is 120 cm³/mol. The molecule has 0 saturated carbocycles. The molecule has 0 aliphatic heterocycles. The van der Waals surface area contributed by atoms with Crippen LogP contribution >= 0.6 is 15.9 Å². The number of rotatable bonds is 8. The summed E-state index contributed by atoms with van der Waals surface area (Å²) in [6.07, 6.45) is 0. The zero-order valence-electron chi connectivity index (χ0n) is 16.6. The second kappa shape index (κ2) is 10.2. The van der Waals surface area contributed by atoms with E-state index in [1.54, 1.807) is 7.11 Å². The zero-order chi connectivity index (χ0) is 20.6. The fourth-order valence-corrected chi connectivity index (χ4v) is 3.46. The topological polar surface area (TPSA) is 50.4 Å². The number of carbonyl (C=O) groups is 1. The molecule has 0 heterocycles. The number of hydrogen-bond acceptors (Lipinski definition) is 3. The van der Waals surface area contributed by atoms with Gasteiger partial charge in [0, 0.05) is 4.47 Å². The molecule has 0 spiro atoms. The second-order valence-electron chi connectivity index (χ2n) is 6.84. The lowest BCUT2D eigenvalue weighted by atomic mass is 9.98. The summed E-state index contributed by atoms with van der Waals surface area (Å²) in [5, 5.41) is 6.45.